The van der Waals surface area contributed by atoms with Crippen LogP contribution in [0.3, 0.4) is 0 Å². The van der Waals surface area contributed by atoms with Gasteiger partial charge in [0.05, 0.1) is 18.9 Å². The van der Waals surface area contributed by atoms with Crippen LogP contribution in [0.2, 0.25) is 0 Å². The summed E-state index contributed by atoms with van der Waals surface area (Å²) in [5.41, 5.74) is 0.580. The molecule has 9 heteroatoms. The van der Waals surface area contributed by atoms with E-state index in [4.69, 9.17) is 9.47 Å². The van der Waals surface area contributed by atoms with Crippen LogP contribution in [-0.2, 0) is 23.9 Å². The second-order valence-electron chi connectivity index (χ2n) is 6.30. The number of benzene rings is 1. The topological polar surface area (TPSA) is 88.2 Å². The van der Waals surface area contributed by atoms with Crippen molar-refractivity contribution in [3.05, 3.63) is 35.8 Å². The minimum absolute atomic E-state index is 0.00358. The summed E-state index contributed by atoms with van der Waals surface area (Å²) < 4.78 is 24.1. The van der Waals surface area contributed by atoms with Crippen molar-refractivity contribution in [2.45, 2.75) is 20.8 Å². The van der Waals surface area contributed by atoms with Gasteiger partial charge >= 0.3 is 11.9 Å². The summed E-state index contributed by atoms with van der Waals surface area (Å²) in [7, 11) is 0. The fourth-order valence-electron chi connectivity index (χ4n) is 2.88. The van der Waals surface area contributed by atoms with Gasteiger partial charge in [-0.25, -0.2) is 14.0 Å². The van der Waals surface area contributed by atoms with E-state index in [0.717, 1.165) is 0 Å². The molecule has 158 valence electrons. The van der Waals surface area contributed by atoms with Crippen molar-refractivity contribution in [1.82, 2.24) is 4.90 Å². The Kier molecular flexibility index (Phi) is 7.99. The molecule has 29 heavy (non-hydrogen) atoms. The van der Waals surface area contributed by atoms with Crippen molar-refractivity contribution < 1.29 is 28.2 Å². The smallest absolute Gasteiger partial charge is 0.347 e. The van der Waals surface area contributed by atoms with Gasteiger partial charge in [0.2, 0.25) is 5.91 Å². The molecule has 2 rings (SSSR count). The average Bonchev–Trinajstić information content (AvgIpc) is 2.70. The van der Waals surface area contributed by atoms with E-state index >= 15 is 0 Å². The molecule has 0 aromatic heterocycles. The van der Waals surface area contributed by atoms with E-state index in [1.807, 2.05) is 4.90 Å². The zero-order valence-corrected chi connectivity index (χ0v) is 16.9. The number of carbonyl (C=O) groups is 3. The lowest BCUT2D eigenvalue weighted by Crippen LogP contribution is -2.48. The summed E-state index contributed by atoms with van der Waals surface area (Å²) >= 11 is 0. The Morgan fingerprint density at radius 1 is 1.07 bits per heavy atom. The third-order valence-corrected chi connectivity index (χ3v) is 4.39. The monoisotopic (exact) mass is 407 g/mol. The summed E-state index contributed by atoms with van der Waals surface area (Å²) in [5.74, 6) is -2.01. The number of amides is 1. The summed E-state index contributed by atoms with van der Waals surface area (Å²) in [4.78, 5) is 39.0. The van der Waals surface area contributed by atoms with Crippen LogP contribution in [0.5, 0.6) is 0 Å². The van der Waals surface area contributed by atoms with Gasteiger partial charge in [0, 0.05) is 45.0 Å². The molecule has 0 saturated carbocycles. The second kappa shape index (κ2) is 10.4. The van der Waals surface area contributed by atoms with E-state index in [2.05, 4.69) is 5.32 Å². The minimum Gasteiger partial charge on any atom is -0.462 e. The van der Waals surface area contributed by atoms with Gasteiger partial charge in [-0.05, 0) is 32.0 Å². The van der Waals surface area contributed by atoms with Crippen molar-refractivity contribution >= 4 is 29.2 Å². The lowest BCUT2D eigenvalue weighted by molar-refractivity contribution is -0.146. The van der Waals surface area contributed by atoms with Crippen molar-refractivity contribution in [1.29, 1.82) is 0 Å². The Labute approximate surface area is 169 Å². The van der Waals surface area contributed by atoms with Crippen LogP contribution < -0.4 is 10.2 Å². The van der Waals surface area contributed by atoms with Crippen LogP contribution in [0.4, 0.5) is 15.8 Å². The first-order valence-electron chi connectivity index (χ1n) is 9.48. The van der Waals surface area contributed by atoms with Crippen LogP contribution >= 0.6 is 0 Å². The fourth-order valence-corrected chi connectivity index (χ4v) is 2.88. The number of esters is 2. The molecule has 1 fully saturated rings. The number of piperazine rings is 1. The summed E-state index contributed by atoms with van der Waals surface area (Å²) in [6.45, 7) is 7.05. The van der Waals surface area contributed by atoms with Crippen LogP contribution in [-0.4, -0.2) is 62.1 Å². The van der Waals surface area contributed by atoms with Gasteiger partial charge in [0.1, 0.15) is 5.82 Å². The number of rotatable bonds is 7. The molecule has 0 atom stereocenters. The van der Waals surface area contributed by atoms with E-state index in [1.165, 1.54) is 25.3 Å². The van der Waals surface area contributed by atoms with E-state index in [1.54, 1.807) is 24.8 Å². The molecule has 0 spiro atoms. The standard InChI is InChI=1S/C20H26FN3O5/c1-4-28-19(26)16(20(27)29-5-2)13-22-15-6-7-17(21)18(12-15)24-10-8-23(9-11-24)14(3)25/h6-7,12-13,22H,4-5,8-11H2,1-3H3. The molecule has 0 bridgehead atoms. The highest BCUT2D eigenvalue weighted by molar-refractivity contribution is 6.14. The molecule has 1 N–H and O–H groups in total. The van der Waals surface area contributed by atoms with Crippen LogP contribution in [0.25, 0.3) is 0 Å². The molecule has 0 unspecified atom stereocenters. The Morgan fingerprint density at radius 2 is 1.66 bits per heavy atom. The van der Waals surface area contributed by atoms with E-state index < -0.39 is 17.8 Å². The Morgan fingerprint density at radius 3 is 2.17 bits per heavy atom. The molecule has 1 aliphatic rings. The van der Waals surface area contributed by atoms with E-state index in [9.17, 15) is 18.8 Å². The molecule has 1 aromatic carbocycles. The van der Waals surface area contributed by atoms with Gasteiger partial charge in [0.25, 0.3) is 0 Å². The van der Waals surface area contributed by atoms with Crippen LogP contribution in [0, 0.1) is 5.82 Å². The third-order valence-electron chi connectivity index (χ3n) is 4.39. The van der Waals surface area contributed by atoms with Gasteiger partial charge in [-0.1, -0.05) is 0 Å². The van der Waals surface area contributed by atoms with Gasteiger partial charge in [-0.2, -0.15) is 0 Å². The average molecular weight is 407 g/mol. The molecule has 0 aliphatic carbocycles. The van der Waals surface area contributed by atoms with Crippen molar-refractivity contribution in [2.75, 3.05) is 49.6 Å². The number of hydrogen-bond donors (Lipinski definition) is 1. The molecule has 1 aromatic rings. The molecule has 8 nitrogen and oxygen atoms in total. The quantitative estimate of drug-likeness (QED) is 0.320. The largest absolute Gasteiger partial charge is 0.462 e. The maximum absolute atomic E-state index is 14.4. The Bertz CT molecular complexity index is 768. The molecule has 1 saturated heterocycles. The van der Waals surface area contributed by atoms with Crippen molar-refractivity contribution in [3.63, 3.8) is 0 Å². The van der Waals surface area contributed by atoms with Gasteiger partial charge in [0.15, 0.2) is 5.57 Å². The Balaban J connectivity index is 2.17. The lowest BCUT2D eigenvalue weighted by Gasteiger charge is -2.35. The second-order valence-corrected chi connectivity index (χ2v) is 6.30. The Hall–Kier alpha value is -3.10. The first kappa shape index (κ1) is 22.2. The number of nitrogens with one attached hydrogen (secondary N) is 1. The number of nitrogens with zero attached hydrogens (tertiary/aromatic N) is 2. The highest BCUT2D eigenvalue weighted by atomic mass is 19.1. The predicted octanol–water partition coefficient (Wildman–Crippen LogP) is 1.92. The van der Waals surface area contributed by atoms with Gasteiger partial charge in [-0.3, -0.25) is 4.79 Å². The maximum Gasteiger partial charge on any atom is 0.347 e. The van der Waals surface area contributed by atoms with Crippen LogP contribution in [0.1, 0.15) is 20.8 Å². The molecule has 1 heterocycles. The first-order chi connectivity index (χ1) is 13.9. The SMILES string of the molecule is CCOC(=O)C(=CNc1ccc(F)c(N2CCN(C(C)=O)CC2)c1)C(=O)OCC. The third kappa shape index (κ3) is 5.94. The number of anilines is 2. The number of hydrogen-bond acceptors (Lipinski definition) is 7. The molecular weight excluding hydrogens is 381 g/mol. The highest BCUT2D eigenvalue weighted by Crippen LogP contribution is 2.25. The molecule has 1 amide bonds. The van der Waals surface area contributed by atoms with Gasteiger partial charge < -0.3 is 24.6 Å². The summed E-state index contributed by atoms with van der Waals surface area (Å²) in [5, 5.41) is 2.84. The number of ether oxygens (including phenoxy) is 2. The first-order valence-corrected chi connectivity index (χ1v) is 9.48. The summed E-state index contributed by atoms with van der Waals surface area (Å²) in [6, 6.07) is 4.38. The minimum atomic E-state index is -0.805. The van der Waals surface area contributed by atoms with Crippen molar-refractivity contribution in [2.24, 2.45) is 0 Å². The zero-order valence-electron chi connectivity index (χ0n) is 16.9. The molecule has 1 aliphatic heterocycles. The predicted molar refractivity (Wildman–Crippen MR) is 106 cm³/mol. The molecular formula is C20H26FN3O5. The fraction of sp³-hybridized carbons (Fsp3) is 0.450. The normalized spacial score (nSPS) is 13.5. The van der Waals surface area contributed by atoms with Gasteiger partial charge in [-0.15, -0.1) is 0 Å². The molecule has 0 radical (unpaired) electrons. The van der Waals surface area contributed by atoms with E-state index in [-0.39, 0.29) is 24.7 Å². The maximum atomic E-state index is 14.4. The highest BCUT2D eigenvalue weighted by Gasteiger charge is 2.22. The van der Waals surface area contributed by atoms with E-state index in [0.29, 0.717) is 37.6 Å². The van der Waals surface area contributed by atoms with Crippen LogP contribution in [0.15, 0.2) is 30.0 Å². The summed E-state index contributed by atoms with van der Waals surface area (Å²) in [6.07, 6.45) is 1.20. The number of carbonyl (C=O) groups excluding carboxylic acids is 3. The number of halogens is 1. The van der Waals surface area contributed by atoms with Crippen molar-refractivity contribution in [3.8, 4) is 0 Å². The zero-order chi connectivity index (χ0) is 21.4. The lowest BCUT2D eigenvalue weighted by atomic mass is 10.2.